The number of carbonyl (C=O) groups excluding carboxylic acids is 3. The first-order chi connectivity index (χ1) is 10.2. The number of hydrogen-bond acceptors (Lipinski definition) is 7. The Morgan fingerprint density at radius 1 is 1.14 bits per heavy atom. The molecule has 0 aliphatic carbocycles. The molecular formula is C14H18O8. The zero-order chi connectivity index (χ0) is 17.2. The van der Waals surface area contributed by atoms with Crippen LogP contribution in [0.4, 0.5) is 0 Å². The van der Waals surface area contributed by atoms with E-state index >= 15 is 0 Å². The summed E-state index contributed by atoms with van der Waals surface area (Å²) in [4.78, 5) is 45.1. The molecule has 1 unspecified atom stereocenters. The molecule has 2 N–H and O–H groups in total. The van der Waals surface area contributed by atoms with Gasteiger partial charge in [-0.25, -0.2) is 9.59 Å². The summed E-state index contributed by atoms with van der Waals surface area (Å²) in [6.07, 6.45) is 3.37. The largest absolute Gasteiger partial charge is 0.481 e. The first kappa shape index (κ1) is 19.5. The molecule has 8 heteroatoms. The quantitative estimate of drug-likeness (QED) is 0.284. The van der Waals surface area contributed by atoms with Crippen molar-refractivity contribution in [3.05, 3.63) is 24.3 Å². The second kappa shape index (κ2) is 9.46. The van der Waals surface area contributed by atoms with Gasteiger partial charge in [0.2, 0.25) is 0 Å². The highest BCUT2D eigenvalue weighted by molar-refractivity contribution is 5.95. The number of esters is 3. The predicted octanol–water partition coefficient (Wildman–Crippen LogP) is 0.348. The summed E-state index contributed by atoms with van der Waals surface area (Å²) in [5.41, 5.74) is -2.59. The first-order valence-corrected chi connectivity index (χ1v) is 6.40. The van der Waals surface area contributed by atoms with Crippen LogP contribution >= 0.6 is 0 Å². The Labute approximate surface area is 127 Å². The van der Waals surface area contributed by atoms with E-state index in [2.05, 4.69) is 9.47 Å². The molecule has 0 heterocycles. The third kappa shape index (κ3) is 7.34. The molecule has 0 rings (SSSR count). The molecule has 0 aromatic carbocycles. The maximum Gasteiger partial charge on any atom is 0.339 e. The van der Waals surface area contributed by atoms with Crippen LogP contribution in [-0.4, -0.2) is 46.3 Å². The van der Waals surface area contributed by atoms with Crippen LogP contribution in [0.2, 0.25) is 0 Å². The van der Waals surface area contributed by atoms with Crippen molar-refractivity contribution < 1.29 is 38.9 Å². The molecule has 0 aromatic rings. The van der Waals surface area contributed by atoms with Crippen molar-refractivity contribution in [2.45, 2.75) is 32.3 Å². The minimum atomic E-state index is -2.59. The lowest BCUT2D eigenvalue weighted by Crippen LogP contribution is -2.44. The van der Waals surface area contributed by atoms with Crippen LogP contribution in [0.3, 0.4) is 0 Å². The van der Waals surface area contributed by atoms with Gasteiger partial charge in [-0.1, -0.05) is 18.2 Å². The smallest absolute Gasteiger partial charge is 0.339 e. The summed E-state index contributed by atoms with van der Waals surface area (Å²) in [6.45, 7) is 3.06. The van der Waals surface area contributed by atoms with E-state index in [1.807, 2.05) is 0 Å². The van der Waals surface area contributed by atoms with E-state index in [1.165, 1.54) is 19.1 Å². The number of hydrogen-bond donors (Lipinski definition) is 2. The van der Waals surface area contributed by atoms with Crippen molar-refractivity contribution in [3.8, 4) is 0 Å². The van der Waals surface area contributed by atoms with Crippen LogP contribution < -0.4 is 0 Å². The molecule has 0 bridgehead atoms. The minimum absolute atomic E-state index is 0.110. The summed E-state index contributed by atoms with van der Waals surface area (Å²) in [5, 5.41) is 18.7. The van der Waals surface area contributed by atoms with E-state index in [0.29, 0.717) is 0 Å². The van der Waals surface area contributed by atoms with Gasteiger partial charge in [-0.2, -0.15) is 0 Å². The molecule has 0 aliphatic rings. The highest BCUT2D eigenvalue weighted by Gasteiger charge is 2.43. The molecule has 0 aliphatic heterocycles. The van der Waals surface area contributed by atoms with E-state index in [1.54, 1.807) is 13.0 Å². The highest BCUT2D eigenvalue weighted by Crippen LogP contribution is 2.19. The van der Waals surface area contributed by atoms with Gasteiger partial charge in [0.05, 0.1) is 19.4 Å². The zero-order valence-electron chi connectivity index (χ0n) is 12.3. The van der Waals surface area contributed by atoms with Crippen LogP contribution in [0.15, 0.2) is 24.3 Å². The fraction of sp³-hybridized carbons (Fsp3) is 0.429. The van der Waals surface area contributed by atoms with E-state index in [4.69, 9.17) is 5.11 Å². The van der Waals surface area contributed by atoms with E-state index in [0.717, 1.165) is 6.08 Å². The first-order valence-electron chi connectivity index (χ1n) is 6.40. The summed E-state index contributed by atoms with van der Waals surface area (Å²) < 4.78 is 8.87. The molecule has 0 radical (unpaired) electrons. The van der Waals surface area contributed by atoms with Crippen molar-refractivity contribution in [2.24, 2.45) is 0 Å². The molecule has 122 valence electrons. The number of allylic oxidation sites excluding steroid dienone is 3. The molecule has 0 spiro atoms. The number of rotatable bonds is 8. The van der Waals surface area contributed by atoms with Crippen molar-refractivity contribution in [2.75, 3.05) is 6.61 Å². The lowest BCUT2D eigenvalue weighted by Gasteiger charge is -2.22. The van der Waals surface area contributed by atoms with Gasteiger partial charge in [-0.15, -0.1) is 0 Å². The minimum Gasteiger partial charge on any atom is -0.481 e. The van der Waals surface area contributed by atoms with Gasteiger partial charge in [0.1, 0.15) is 0 Å². The third-order valence-electron chi connectivity index (χ3n) is 2.29. The SMILES string of the molecule is C/C=C/C=C/C(=O)OC(=O)CC(O)(CC(=O)O)C(=O)OCC. The normalized spacial score (nSPS) is 13.8. The summed E-state index contributed by atoms with van der Waals surface area (Å²) >= 11 is 0. The number of carbonyl (C=O) groups is 4. The van der Waals surface area contributed by atoms with E-state index in [9.17, 15) is 24.3 Å². The van der Waals surface area contributed by atoms with Crippen molar-refractivity contribution in [3.63, 3.8) is 0 Å². The molecule has 22 heavy (non-hydrogen) atoms. The maximum absolute atomic E-state index is 11.6. The Balaban J connectivity index is 4.85. The number of carboxylic acids is 1. The van der Waals surface area contributed by atoms with E-state index < -0.39 is 42.3 Å². The topological polar surface area (TPSA) is 127 Å². The number of carboxylic acid groups (broad SMARTS) is 1. The Bertz CT molecular complexity index is 491. The van der Waals surface area contributed by atoms with Crippen LogP contribution in [0.1, 0.15) is 26.7 Å². The number of aliphatic carboxylic acids is 1. The standard InChI is InChI=1S/C14H18O8/c1-3-5-6-7-11(17)22-12(18)9-14(20,8-10(15)16)13(19)21-4-2/h3,5-7,20H,4,8-9H2,1-2H3,(H,15,16)/b5-3+,7-6+. The van der Waals surface area contributed by atoms with Gasteiger partial charge in [-0.05, 0) is 13.8 Å². The van der Waals surface area contributed by atoms with Crippen LogP contribution in [-0.2, 0) is 28.7 Å². The zero-order valence-corrected chi connectivity index (χ0v) is 12.3. The fourth-order valence-electron chi connectivity index (χ4n) is 1.39. The van der Waals surface area contributed by atoms with Crippen molar-refractivity contribution in [1.82, 2.24) is 0 Å². The predicted molar refractivity (Wildman–Crippen MR) is 73.5 cm³/mol. The van der Waals surface area contributed by atoms with Gasteiger partial charge in [-0.3, -0.25) is 9.59 Å². The second-order valence-electron chi connectivity index (χ2n) is 4.18. The molecular weight excluding hydrogens is 296 g/mol. The van der Waals surface area contributed by atoms with Crippen LogP contribution in [0.5, 0.6) is 0 Å². The Morgan fingerprint density at radius 2 is 1.77 bits per heavy atom. The monoisotopic (exact) mass is 314 g/mol. The van der Waals surface area contributed by atoms with Crippen LogP contribution in [0, 0.1) is 0 Å². The average molecular weight is 314 g/mol. The second-order valence-corrected chi connectivity index (χ2v) is 4.18. The lowest BCUT2D eigenvalue weighted by molar-refractivity contribution is -0.177. The summed E-state index contributed by atoms with van der Waals surface area (Å²) in [5.74, 6) is -5.04. The van der Waals surface area contributed by atoms with Crippen LogP contribution in [0.25, 0.3) is 0 Å². The summed E-state index contributed by atoms with van der Waals surface area (Å²) in [7, 11) is 0. The van der Waals surface area contributed by atoms with Crippen molar-refractivity contribution >= 4 is 23.9 Å². The summed E-state index contributed by atoms with van der Waals surface area (Å²) in [6, 6.07) is 0. The van der Waals surface area contributed by atoms with Gasteiger partial charge < -0.3 is 19.7 Å². The van der Waals surface area contributed by atoms with Gasteiger partial charge in [0.15, 0.2) is 5.60 Å². The molecule has 0 saturated heterocycles. The lowest BCUT2D eigenvalue weighted by atomic mass is 9.96. The highest BCUT2D eigenvalue weighted by atomic mass is 16.6. The fourth-order valence-corrected chi connectivity index (χ4v) is 1.39. The van der Waals surface area contributed by atoms with Gasteiger partial charge >= 0.3 is 23.9 Å². The molecule has 0 amide bonds. The third-order valence-corrected chi connectivity index (χ3v) is 2.29. The Kier molecular flexibility index (Phi) is 8.39. The Hall–Kier alpha value is -2.48. The molecule has 0 saturated carbocycles. The molecule has 0 aromatic heterocycles. The molecule has 0 fully saturated rings. The van der Waals surface area contributed by atoms with Gasteiger partial charge in [0.25, 0.3) is 0 Å². The number of ether oxygens (including phenoxy) is 2. The Morgan fingerprint density at radius 3 is 2.27 bits per heavy atom. The van der Waals surface area contributed by atoms with Gasteiger partial charge in [0, 0.05) is 6.08 Å². The van der Waals surface area contributed by atoms with E-state index in [-0.39, 0.29) is 6.61 Å². The molecule has 1 atom stereocenters. The molecule has 8 nitrogen and oxygen atoms in total. The average Bonchev–Trinajstić information content (AvgIpc) is 2.37. The number of aliphatic hydroxyl groups is 1. The van der Waals surface area contributed by atoms with Crippen molar-refractivity contribution in [1.29, 1.82) is 0 Å². The maximum atomic E-state index is 11.6.